The number of anilines is 2. The average molecular weight is 296 g/mol. The van der Waals surface area contributed by atoms with E-state index >= 15 is 0 Å². The Hall–Kier alpha value is -1.36. The Bertz CT molecular complexity index is 438. The molecule has 0 fully saturated rings. The third-order valence-corrected chi connectivity index (χ3v) is 4.37. The molecule has 112 valence electrons. The summed E-state index contributed by atoms with van der Waals surface area (Å²) >= 11 is 1.83. The van der Waals surface area contributed by atoms with Crippen molar-refractivity contribution in [2.24, 2.45) is 5.92 Å². The molecular formula is C15H24N2O2S. The number of nitrogen functional groups attached to an aromatic ring is 1. The maximum absolute atomic E-state index is 11.9. The Morgan fingerprint density at radius 3 is 2.90 bits per heavy atom. The summed E-state index contributed by atoms with van der Waals surface area (Å²) in [5, 5.41) is 2.86. The lowest BCUT2D eigenvalue weighted by Crippen LogP contribution is -2.13. The molecule has 0 spiro atoms. The van der Waals surface area contributed by atoms with Crippen molar-refractivity contribution in [1.82, 2.24) is 0 Å². The van der Waals surface area contributed by atoms with Gasteiger partial charge in [-0.1, -0.05) is 20.3 Å². The highest BCUT2D eigenvalue weighted by atomic mass is 32.2. The zero-order valence-electron chi connectivity index (χ0n) is 12.4. The van der Waals surface area contributed by atoms with Crippen molar-refractivity contribution in [2.75, 3.05) is 29.7 Å². The van der Waals surface area contributed by atoms with Crippen LogP contribution in [0.4, 0.5) is 11.4 Å². The Labute approximate surface area is 125 Å². The second-order valence-corrected chi connectivity index (χ2v) is 6.00. The molecule has 0 heterocycles. The molecule has 4 nitrogen and oxygen atoms in total. The molecular weight excluding hydrogens is 272 g/mol. The number of hydrogen-bond acceptors (Lipinski definition) is 4. The first-order chi connectivity index (χ1) is 9.56. The summed E-state index contributed by atoms with van der Waals surface area (Å²) in [5.74, 6) is 3.25. The maximum Gasteiger partial charge on any atom is 0.225 e. The average Bonchev–Trinajstić information content (AvgIpc) is 2.45. The van der Waals surface area contributed by atoms with E-state index < -0.39 is 0 Å². The minimum Gasteiger partial charge on any atom is -0.494 e. The van der Waals surface area contributed by atoms with Gasteiger partial charge in [0.05, 0.1) is 12.8 Å². The predicted molar refractivity (Wildman–Crippen MR) is 87.4 cm³/mol. The van der Waals surface area contributed by atoms with E-state index in [1.807, 2.05) is 11.8 Å². The molecule has 1 aromatic carbocycles. The van der Waals surface area contributed by atoms with Crippen LogP contribution in [0.5, 0.6) is 5.75 Å². The van der Waals surface area contributed by atoms with Crippen LogP contribution in [0.15, 0.2) is 18.2 Å². The molecule has 1 atom stereocenters. The van der Waals surface area contributed by atoms with Crippen LogP contribution in [-0.2, 0) is 4.79 Å². The molecule has 0 aromatic heterocycles. The number of rotatable bonds is 8. The van der Waals surface area contributed by atoms with E-state index in [-0.39, 0.29) is 5.91 Å². The summed E-state index contributed by atoms with van der Waals surface area (Å²) in [6, 6.07) is 5.21. The van der Waals surface area contributed by atoms with E-state index in [0.29, 0.717) is 29.5 Å². The van der Waals surface area contributed by atoms with Crippen molar-refractivity contribution in [3.8, 4) is 5.75 Å². The number of nitrogens with one attached hydrogen (secondary N) is 1. The number of thioether (sulfide) groups is 1. The van der Waals surface area contributed by atoms with Gasteiger partial charge in [-0.3, -0.25) is 4.79 Å². The lowest BCUT2D eigenvalue weighted by Gasteiger charge is -2.11. The summed E-state index contributed by atoms with van der Waals surface area (Å²) in [7, 11) is 1.56. The largest absolute Gasteiger partial charge is 0.494 e. The van der Waals surface area contributed by atoms with Crippen LogP contribution >= 0.6 is 11.8 Å². The van der Waals surface area contributed by atoms with Gasteiger partial charge in [-0.15, -0.1) is 0 Å². The lowest BCUT2D eigenvalue weighted by molar-refractivity contribution is -0.115. The van der Waals surface area contributed by atoms with Crippen LogP contribution in [0.1, 0.15) is 26.7 Å². The molecule has 5 heteroatoms. The monoisotopic (exact) mass is 296 g/mol. The molecule has 1 amide bonds. The second kappa shape index (κ2) is 8.74. The van der Waals surface area contributed by atoms with E-state index in [0.717, 1.165) is 11.5 Å². The first-order valence-corrected chi connectivity index (χ1v) is 8.03. The van der Waals surface area contributed by atoms with Crippen LogP contribution in [0.2, 0.25) is 0 Å². The highest BCUT2D eigenvalue weighted by molar-refractivity contribution is 7.99. The van der Waals surface area contributed by atoms with Gasteiger partial charge in [0, 0.05) is 23.9 Å². The number of hydrogen-bond donors (Lipinski definition) is 2. The van der Waals surface area contributed by atoms with Crippen molar-refractivity contribution in [3.05, 3.63) is 18.2 Å². The quantitative estimate of drug-likeness (QED) is 0.570. The fraction of sp³-hybridized carbons (Fsp3) is 0.533. The number of nitrogens with two attached hydrogens (primary N) is 1. The maximum atomic E-state index is 11.9. The van der Waals surface area contributed by atoms with E-state index in [2.05, 4.69) is 19.2 Å². The molecule has 0 radical (unpaired) electrons. The molecule has 1 unspecified atom stereocenters. The predicted octanol–water partition coefficient (Wildman–Crippen LogP) is 3.39. The summed E-state index contributed by atoms with van der Waals surface area (Å²) in [6.45, 7) is 4.41. The fourth-order valence-corrected chi connectivity index (χ4v) is 2.73. The van der Waals surface area contributed by atoms with Crippen LogP contribution in [0.25, 0.3) is 0 Å². The molecule has 0 aliphatic carbocycles. The number of carbonyl (C=O) groups is 1. The van der Waals surface area contributed by atoms with Gasteiger partial charge in [-0.25, -0.2) is 0 Å². The SMILES string of the molecule is CCC(C)CSCCC(=O)Nc1ccc(N)cc1OC. The highest BCUT2D eigenvalue weighted by Crippen LogP contribution is 2.26. The molecule has 0 saturated heterocycles. The first kappa shape index (κ1) is 16.7. The highest BCUT2D eigenvalue weighted by Gasteiger charge is 2.08. The van der Waals surface area contributed by atoms with Crippen LogP contribution in [-0.4, -0.2) is 24.5 Å². The van der Waals surface area contributed by atoms with Gasteiger partial charge in [-0.2, -0.15) is 11.8 Å². The lowest BCUT2D eigenvalue weighted by atomic mass is 10.2. The third-order valence-electron chi connectivity index (χ3n) is 3.07. The van der Waals surface area contributed by atoms with Gasteiger partial charge in [0.25, 0.3) is 0 Å². The molecule has 3 N–H and O–H groups in total. The van der Waals surface area contributed by atoms with Crippen molar-refractivity contribution >= 4 is 29.0 Å². The molecule has 1 aromatic rings. The first-order valence-electron chi connectivity index (χ1n) is 6.88. The van der Waals surface area contributed by atoms with Crippen molar-refractivity contribution < 1.29 is 9.53 Å². The molecule has 20 heavy (non-hydrogen) atoms. The zero-order chi connectivity index (χ0) is 15.0. The van der Waals surface area contributed by atoms with Gasteiger partial charge in [0.15, 0.2) is 0 Å². The smallest absolute Gasteiger partial charge is 0.225 e. The van der Waals surface area contributed by atoms with E-state index in [4.69, 9.17) is 10.5 Å². The summed E-state index contributed by atoms with van der Waals surface area (Å²) in [5.41, 5.74) is 6.96. The number of ether oxygens (including phenoxy) is 1. The van der Waals surface area contributed by atoms with E-state index in [1.165, 1.54) is 6.42 Å². The third kappa shape index (κ3) is 5.74. The Kier molecular flexibility index (Phi) is 7.30. The minimum absolute atomic E-state index is 0.00437. The standard InChI is InChI=1S/C15H24N2O2S/c1-4-11(2)10-20-8-7-15(18)17-13-6-5-12(16)9-14(13)19-3/h5-6,9,11H,4,7-8,10,16H2,1-3H3,(H,17,18). The number of carbonyl (C=O) groups excluding carboxylic acids is 1. The number of methoxy groups -OCH3 is 1. The topological polar surface area (TPSA) is 64.4 Å². The Morgan fingerprint density at radius 1 is 1.50 bits per heavy atom. The van der Waals surface area contributed by atoms with Crippen molar-refractivity contribution in [3.63, 3.8) is 0 Å². The molecule has 0 saturated carbocycles. The van der Waals surface area contributed by atoms with Crippen LogP contribution < -0.4 is 15.8 Å². The summed E-state index contributed by atoms with van der Waals surface area (Å²) in [4.78, 5) is 11.9. The van der Waals surface area contributed by atoms with Crippen molar-refractivity contribution in [1.29, 1.82) is 0 Å². The summed E-state index contributed by atoms with van der Waals surface area (Å²) < 4.78 is 5.20. The number of amides is 1. The second-order valence-electron chi connectivity index (χ2n) is 4.85. The Balaban J connectivity index is 2.39. The van der Waals surface area contributed by atoms with E-state index in [1.54, 1.807) is 25.3 Å². The molecule has 0 bridgehead atoms. The van der Waals surface area contributed by atoms with Gasteiger partial charge < -0.3 is 15.8 Å². The normalized spacial score (nSPS) is 11.9. The molecule has 0 aliphatic rings. The Morgan fingerprint density at radius 2 is 2.25 bits per heavy atom. The molecule has 0 aliphatic heterocycles. The van der Waals surface area contributed by atoms with Gasteiger partial charge in [-0.05, 0) is 23.8 Å². The zero-order valence-corrected chi connectivity index (χ0v) is 13.3. The number of benzene rings is 1. The van der Waals surface area contributed by atoms with Crippen LogP contribution in [0, 0.1) is 5.92 Å². The van der Waals surface area contributed by atoms with Gasteiger partial charge in [0.2, 0.25) is 5.91 Å². The summed E-state index contributed by atoms with van der Waals surface area (Å²) in [6.07, 6.45) is 1.69. The van der Waals surface area contributed by atoms with Crippen molar-refractivity contribution in [2.45, 2.75) is 26.7 Å². The minimum atomic E-state index is 0.00437. The van der Waals surface area contributed by atoms with Crippen LogP contribution in [0.3, 0.4) is 0 Å². The van der Waals surface area contributed by atoms with Gasteiger partial charge >= 0.3 is 0 Å². The van der Waals surface area contributed by atoms with E-state index in [9.17, 15) is 4.79 Å². The molecule has 1 rings (SSSR count). The van der Waals surface area contributed by atoms with Gasteiger partial charge in [0.1, 0.15) is 5.75 Å². The fourth-order valence-electron chi connectivity index (χ4n) is 1.59.